The van der Waals surface area contributed by atoms with Crippen LogP contribution < -0.4 is 20.1 Å². The molecule has 1 fully saturated rings. The number of carboxylic acids is 1. The van der Waals surface area contributed by atoms with Crippen LogP contribution in [0.4, 0.5) is 11.4 Å². The van der Waals surface area contributed by atoms with Crippen molar-refractivity contribution in [2.45, 2.75) is 0 Å². The van der Waals surface area contributed by atoms with Crippen LogP contribution in [0.3, 0.4) is 0 Å². The molecule has 1 saturated heterocycles. The third-order valence-corrected chi connectivity index (χ3v) is 5.66. The number of anilines is 2. The summed E-state index contributed by atoms with van der Waals surface area (Å²) >= 11 is 6.42. The zero-order chi connectivity index (χ0) is 22.0. The molecule has 31 heavy (non-hydrogen) atoms. The van der Waals surface area contributed by atoms with Gasteiger partial charge >= 0.3 is 5.97 Å². The third-order valence-electron chi connectivity index (χ3n) is 5.31. The Balaban J connectivity index is 1.53. The van der Waals surface area contributed by atoms with Crippen molar-refractivity contribution in [3.63, 3.8) is 0 Å². The fraction of sp³-hybridized carbons (Fsp3) is 0.227. The first kappa shape index (κ1) is 20.7. The van der Waals surface area contributed by atoms with Crippen LogP contribution in [0.25, 0.3) is 5.69 Å². The highest BCUT2D eigenvalue weighted by molar-refractivity contribution is 6.33. The number of benzene rings is 2. The predicted octanol–water partition coefficient (Wildman–Crippen LogP) is 2.92. The summed E-state index contributed by atoms with van der Waals surface area (Å²) < 4.78 is 6.63. The molecule has 2 aromatic carbocycles. The van der Waals surface area contributed by atoms with Crippen molar-refractivity contribution in [2.75, 3.05) is 43.1 Å². The minimum Gasteiger partial charge on any atom is -0.495 e. The lowest BCUT2D eigenvalue weighted by atomic mass is 10.2. The first-order valence-corrected chi connectivity index (χ1v) is 10.1. The average molecular weight is 441 g/mol. The Morgan fingerprint density at radius 2 is 1.61 bits per heavy atom. The molecule has 0 unspecified atom stereocenters. The van der Waals surface area contributed by atoms with E-state index in [0.29, 0.717) is 24.5 Å². The first-order valence-electron chi connectivity index (χ1n) is 9.74. The molecule has 160 valence electrons. The number of ether oxygens (including phenoxy) is 1. The Bertz CT molecular complexity index is 1150. The molecule has 1 aliphatic rings. The van der Waals surface area contributed by atoms with Gasteiger partial charge in [0.25, 0.3) is 5.56 Å². The fourth-order valence-corrected chi connectivity index (χ4v) is 3.90. The monoisotopic (exact) mass is 440 g/mol. The molecule has 2 heterocycles. The van der Waals surface area contributed by atoms with Gasteiger partial charge in [0.2, 0.25) is 0 Å². The van der Waals surface area contributed by atoms with E-state index in [2.05, 4.69) is 10.00 Å². The van der Waals surface area contributed by atoms with E-state index in [9.17, 15) is 9.59 Å². The second-order valence-corrected chi connectivity index (χ2v) is 7.44. The molecule has 0 spiro atoms. The van der Waals surface area contributed by atoms with Crippen molar-refractivity contribution in [3.8, 4) is 11.4 Å². The second-order valence-electron chi connectivity index (χ2n) is 7.06. The summed E-state index contributed by atoms with van der Waals surface area (Å²) in [6.07, 6.45) is 1.58. The van der Waals surface area contributed by atoms with Crippen LogP contribution in [0.15, 0.2) is 59.5 Å². The SMILES string of the molecule is COc1ccccc1N1CCN(c2cnn(-c3ccc(C(=O)O)cc3)c(=O)c2Cl)CC1. The van der Waals surface area contributed by atoms with Gasteiger partial charge in [-0.25, -0.2) is 4.79 Å². The molecule has 0 radical (unpaired) electrons. The number of para-hydroxylation sites is 2. The third kappa shape index (κ3) is 4.06. The average Bonchev–Trinajstić information content (AvgIpc) is 2.81. The highest BCUT2D eigenvalue weighted by Crippen LogP contribution is 2.30. The van der Waals surface area contributed by atoms with Gasteiger partial charge in [-0.2, -0.15) is 9.78 Å². The lowest BCUT2D eigenvalue weighted by molar-refractivity contribution is 0.0697. The molecule has 9 heteroatoms. The van der Waals surface area contributed by atoms with Gasteiger partial charge in [0.1, 0.15) is 10.8 Å². The number of halogens is 1. The van der Waals surface area contributed by atoms with Crippen molar-refractivity contribution in [3.05, 3.63) is 75.7 Å². The van der Waals surface area contributed by atoms with E-state index in [-0.39, 0.29) is 10.6 Å². The number of aromatic nitrogens is 2. The quantitative estimate of drug-likeness (QED) is 0.652. The summed E-state index contributed by atoms with van der Waals surface area (Å²) in [5, 5.41) is 13.4. The number of nitrogens with zero attached hydrogens (tertiary/aromatic N) is 4. The predicted molar refractivity (Wildman–Crippen MR) is 119 cm³/mol. The van der Waals surface area contributed by atoms with Gasteiger partial charge < -0.3 is 19.6 Å². The maximum absolute atomic E-state index is 12.8. The molecule has 0 aliphatic carbocycles. The van der Waals surface area contributed by atoms with Crippen molar-refractivity contribution < 1.29 is 14.6 Å². The lowest BCUT2D eigenvalue weighted by Gasteiger charge is -2.37. The Morgan fingerprint density at radius 3 is 2.23 bits per heavy atom. The number of hydrogen-bond acceptors (Lipinski definition) is 6. The molecule has 0 amide bonds. The zero-order valence-corrected chi connectivity index (χ0v) is 17.6. The summed E-state index contributed by atoms with van der Waals surface area (Å²) in [5.74, 6) is -0.209. The molecule has 0 atom stereocenters. The van der Waals surface area contributed by atoms with Crippen LogP contribution in [0.2, 0.25) is 5.02 Å². The van der Waals surface area contributed by atoms with Crippen molar-refractivity contribution >= 4 is 28.9 Å². The van der Waals surface area contributed by atoms with E-state index in [1.807, 2.05) is 29.2 Å². The fourth-order valence-electron chi connectivity index (χ4n) is 3.65. The van der Waals surface area contributed by atoms with Crippen molar-refractivity contribution in [2.24, 2.45) is 0 Å². The largest absolute Gasteiger partial charge is 0.495 e. The number of carboxylic acid groups (broad SMARTS) is 1. The van der Waals surface area contributed by atoms with E-state index in [0.717, 1.165) is 24.5 Å². The van der Waals surface area contributed by atoms with Crippen LogP contribution in [0.1, 0.15) is 10.4 Å². The van der Waals surface area contributed by atoms with E-state index >= 15 is 0 Å². The second kappa shape index (κ2) is 8.69. The normalized spacial score (nSPS) is 13.9. The highest BCUT2D eigenvalue weighted by atomic mass is 35.5. The molecule has 3 aromatic rings. The molecule has 4 rings (SSSR count). The van der Waals surface area contributed by atoms with Crippen LogP contribution >= 0.6 is 11.6 Å². The van der Waals surface area contributed by atoms with E-state index in [1.165, 1.54) is 28.9 Å². The molecular formula is C22H21ClN4O4. The van der Waals surface area contributed by atoms with Gasteiger partial charge in [0, 0.05) is 26.2 Å². The highest BCUT2D eigenvalue weighted by Gasteiger charge is 2.23. The summed E-state index contributed by atoms with van der Waals surface area (Å²) in [6.45, 7) is 2.85. The molecule has 1 N–H and O–H groups in total. The van der Waals surface area contributed by atoms with Crippen LogP contribution in [-0.4, -0.2) is 54.1 Å². The minimum atomic E-state index is -1.03. The van der Waals surface area contributed by atoms with Crippen LogP contribution in [0, 0.1) is 0 Å². The number of rotatable bonds is 5. The summed E-state index contributed by atoms with van der Waals surface area (Å²) in [6, 6.07) is 13.8. The first-order chi connectivity index (χ1) is 15.0. The van der Waals surface area contributed by atoms with Gasteiger partial charge in [-0.15, -0.1) is 0 Å². The van der Waals surface area contributed by atoms with E-state index < -0.39 is 11.5 Å². The van der Waals surface area contributed by atoms with Gasteiger partial charge in [0.05, 0.1) is 35.9 Å². The molecule has 1 aromatic heterocycles. The minimum absolute atomic E-state index is 0.0862. The number of piperazine rings is 1. The Kier molecular flexibility index (Phi) is 5.81. The van der Waals surface area contributed by atoms with Crippen LogP contribution in [0.5, 0.6) is 5.75 Å². The molecular weight excluding hydrogens is 420 g/mol. The summed E-state index contributed by atoms with van der Waals surface area (Å²) in [5.41, 5.74) is 1.75. The maximum atomic E-state index is 12.8. The topological polar surface area (TPSA) is 87.9 Å². The van der Waals surface area contributed by atoms with Crippen molar-refractivity contribution in [1.82, 2.24) is 9.78 Å². The Hall–Kier alpha value is -3.52. The van der Waals surface area contributed by atoms with E-state index in [4.69, 9.17) is 21.4 Å². The van der Waals surface area contributed by atoms with Gasteiger partial charge in [-0.05, 0) is 36.4 Å². The zero-order valence-electron chi connectivity index (χ0n) is 16.9. The standard InChI is InChI=1S/C22H21ClN4O4/c1-31-19-5-3-2-4-17(19)25-10-12-26(13-11-25)18-14-24-27(21(28)20(18)23)16-8-6-15(7-9-16)22(29)30/h2-9,14H,10-13H2,1H3,(H,29,30). The lowest BCUT2D eigenvalue weighted by Crippen LogP contribution is -2.47. The smallest absolute Gasteiger partial charge is 0.335 e. The van der Waals surface area contributed by atoms with Gasteiger partial charge in [-0.1, -0.05) is 23.7 Å². The summed E-state index contributed by atoms with van der Waals surface area (Å²) in [7, 11) is 1.66. The Labute approximate surface area is 183 Å². The van der Waals surface area contributed by atoms with E-state index in [1.54, 1.807) is 13.3 Å². The van der Waals surface area contributed by atoms with Crippen molar-refractivity contribution in [1.29, 1.82) is 0 Å². The number of carbonyl (C=O) groups is 1. The number of methoxy groups -OCH3 is 1. The van der Waals surface area contributed by atoms with Gasteiger partial charge in [0.15, 0.2) is 0 Å². The summed E-state index contributed by atoms with van der Waals surface area (Å²) in [4.78, 5) is 28.1. The van der Waals surface area contributed by atoms with Gasteiger partial charge in [-0.3, -0.25) is 4.79 Å². The molecule has 0 saturated carbocycles. The number of aromatic carboxylic acids is 1. The molecule has 0 bridgehead atoms. The Morgan fingerprint density at radius 1 is 1.00 bits per heavy atom. The maximum Gasteiger partial charge on any atom is 0.335 e. The van der Waals surface area contributed by atoms with Crippen LogP contribution in [-0.2, 0) is 0 Å². The molecule has 1 aliphatic heterocycles. The number of hydrogen-bond donors (Lipinski definition) is 1. The molecule has 8 nitrogen and oxygen atoms in total.